The number of carbonyl (C=O) groups is 4. The van der Waals surface area contributed by atoms with Crippen LogP contribution in [0.2, 0.25) is 0 Å². The summed E-state index contributed by atoms with van der Waals surface area (Å²) in [5.74, 6) is -1.41. The maximum atomic E-state index is 14.9. The standard InChI is InChI=1S/C23H32FN5O6/c1-16(30)25-13-18-14-29(23(33)35-18)17-4-5-20(19(24)12-17)27-8-10-28(11-9-27)21(31)15-34-22(32)6-7-26(2)3/h4-5,12,18H,6-11,13-15H2,1-3H3,(H,25,30). The maximum Gasteiger partial charge on any atom is 0.414 e. The maximum absolute atomic E-state index is 14.9. The van der Waals surface area contributed by atoms with Crippen LogP contribution < -0.4 is 15.1 Å². The Hall–Kier alpha value is -3.41. The van der Waals surface area contributed by atoms with Gasteiger partial charge in [-0.05, 0) is 32.3 Å². The molecule has 0 spiro atoms. The van der Waals surface area contributed by atoms with Crippen molar-refractivity contribution < 1.29 is 33.0 Å². The molecule has 192 valence electrons. The minimum absolute atomic E-state index is 0.191. The minimum atomic E-state index is -0.595. The summed E-state index contributed by atoms with van der Waals surface area (Å²) in [6.45, 7) is 3.60. The SMILES string of the molecule is CC(=O)NCC1CN(c2ccc(N3CCN(C(=O)COC(=O)CCN(C)C)CC3)c(F)c2)C(=O)O1. The van der Waals surface area contributed by atoms with Gasteiger partial charge in [0.05, 0.1) is 30.9 Å². The van der Waals surface area contributed by atoms with E-state index < -0.39 is 24.0 Å². The average molecular weight is 494 g/mol. The molecule has 0 aliphatic carbocycles. The van der Waals surface area contributed by atoms with Gasteiger partial charge in [-0.25, -0.2) is 9.18 Å². The van der Waals surface area contributed by atoms with Crippen LogP contribution in [-0.2, 0) is 23.9 Å². The monoisotopic (exact) mass is 493 g/mol. The zero-order valence-corrected chi connectivity index (χ0v) is 20.3. The quantitative estimate of drug-likeness (QED) is 0.493. The van der Waals surface area contributed by atoms with E-state index in [0.717, 1.165) is 0 Å². The van der Waals surface area contributed by atoms with Crippen LogP contribution in [0, 0.1) is 5.82 Å². The fourth-order valence-corrected chi connectivity index (χ4v) is 3.83. The molecule has 1 atom stereocenters. The van der Waals surface area contributed by atoms with Crippen LogP contribution in [0.25, 0.3) is 0 Å². The Morgan fingerprint density at radius 3 is 2.54 bits per heavy atom. The van der Waals surface area contributed by atoms with E-state index in [0.29, 0.717) is 44.1 Å². The first kappa shape index (κ1) is 26.2. The molecule has 2 aliphatic heterocycles. The van der Waals surface area contributed by atoms with Crippen LogP contribution >= 0.6 is 0 Å². The Bertz CT molecular complexity index is 950. The number of hydrogen-bond donors (Lipinski definition) is 1. The number of benzene rings is 1. The van der Waals surface area contributed by atoms with Crippen LogP contribution in [0.4, 0.5) is 20.6 Å². The van der Waals surface area contributed by atoms with Gasteiger partial charge in [0.25, 0.3) is 5.91 Å². The highest BCUT2D eigenvalue weighted by Crippen LogP contribution is 2.28. The summed E-state index contributed by atoms with van der Waals surface area (Å²) in [7, 11) is 3.70. The summed E-state index contributed by atoms with van der Waals surface area (Å²) in [6.07, 6.45) is -0.886. The minimum Gasteiger partial charge on any atom is -0.456 e. The lowest BCUT2D eigenvalue weighted by atomic mass is 10.2. The van der Waals surface area contributed by atoms with Gasteiger partial charge in [0.15, 0.2) is 6.61 Å². The Labute approximate surface area is 203 Å². The molecule has 1 unspecified atom stereocenters. The number of cyclic esters (lactones) is 1. The van der Waals surface area contributed by atoms with Crippen molar-refractivity contribution in [1.82, 2.24) is 15.1 Å². The van der Waals surface area contributed by atoms with Crippen LogP contribution in [0.15, 0.2) is 18.2 Å². The van der Waals surface area contributed by atoms with Gasteiger partial charge < -0.3 is 29.5 Å². The summed E-state index contributed by atoms with van der Waals surface area (Å²) >= 11 is 0. The van der Waals surface area contributed by atoms with E-state index in [-0.39, 0.29) is 37.9 Å². The van der Waals surface area contributed by atoms with Crippen molar-refractivity contribution in [3.05, 3.63) is 24.0 Å². The molecular weight excluding hydrogens is 461 g/mol. The van der Waals surface area contributed by atoms with Crippen LogP contribution in [0.3, 0.4) is 0 Å². The molecule has 2 saturated heterocycles. The molecule has 12 heteroatoms. The van der Waals surface area contributed by atoms with Crippen LogP contribution in [0.1, 0.15) is 13.3 Å². The van der Waals surface area contributed by atoms with Gasteiger partial charge in [0, 0.05) is 39.6 Å². The summed E-state index contributed by atoms with van der Waals surface area (Å²) in [5, 5.41) is 2.60. The smallest absolute Gasteiger partial charge is 0.414 e. The lowest BCUT2D eigenvalue weighted by Crippen LogP contribution is -2.50. The second-order valence-electron chi connectivity index (χ2n) is 8.77. The molecule has 3 amide bonds. The number of piperazine rings is 1. The highest BCUT2D eigenvalue weighted by Gasteiger charge is 2.33. The van der Waals surface area contributed by atoms with Crippen molar-refractivity contribution in [2.24, 2.45) is 0 Å². The normalized spacial score (nSPS) is 18.0. The van der Waals surface area contributed by atoms with E-state index in [1.54, 1.807) is 17.0 Å². The zero-order chi connectivity index (χ0) is 25.5. The van der Waals surface area contributed by atoms with E-state index in [1.165, 1.54) is 17.9 Å². The second-order valence-corrected chi connectivity index (χ2v) is 8.77. The van der Waals surface area contributed by atoms with Crippen molar-refractivity contribution >= 4 is 35.3 Å². The molecule has 2 heterocycles. The first-order chi connectivity index (χ1) is 16.6. The van der Waals surface area contributed by atoms with Gasteiger partial charge in [0.1, 0.15) is 11.9 Å². The lowest BCUT2D eigenvalue weighted by molar-refractivity contribution is -0.152. The van der Waals surface area contributed by atoms with Crippen molar-refractivity contribution in [3.8, 4) is 0 Å². The summed E-state index contributed by atoms with van der Waals surface area (Å²) in [5.41, 5.74) is 0.741. The first-order valence-electron chi connectivity index (χ1n) is 11.5. The molecule has 2 aliphatic rings. The third-order valence-corrected chi connectivity index (χ3v) is 5.79. The van der Waals surface area contributed by atoms with Crippen molar-refractivity contribution in [2.75, 3.05) is 76.3 Å². The third-order valence-electron chi connectivity index (χ3n) is 5.79. The number of halogens is 1. The molecule has 11 nitrogen and oxygen atoms in total. The van der Waals surface area contributed by atoms with E-state index in [2.05, 4.69) is 5.32 Å². The number of nitrogens with one attached hydrogen (secondary N) is 1. The molecule has 0 saturated carbocycles. The fraction of sp³-hybridized carbons (Fsp3) is 0.565. The number of ether oxygens (including phenoxy) is 2. The summed E-state index contributed by atoms with van der Waals surface area (Å²) in [6, 6.07) is 4.52. The molecular formula is C23H32FN5O6. The van der Waals surface area contributed by atoms with Gasteiger partial charge in [-0.2, -0.15) is 0 Å². The van der Waals surface area contributed by atoms with E-state index in [9.17, 15) is 23.6 Å². The predicted molar refractivity (Wildman–Crippen MR) is 126 cm³/mol. The number of anilines is 2. The number of esters is 1. The largest absolute Gasteiger partial charge is 0.456 e. The Morgan fingerprint density at radius 1 is 1.20 bits per heavy atom. The van der Waals surface area contributed by atoms with Crippen LogP contribution in [0.5, 0.6) is 0 Å². The topological polar surface area (TPSA) is 112 Å². The molecule has 1 N–H and O–H groups in total. The van der Waals surface area contributed by atoms with Crippen molar-refractivity contribution in [3.63, 3.8) is 0 Å². The number of hydrogen-bond acceptors (Lipinski definition) is 8. The molecule has 0 aromatic heterocycles. The first-order valence-corrected chi connectivity index (χ1v) is 11.5. The summed E-state index contributed by atoms with van der Waals surface area (Å²) in [4.78, 5) is 53.9. The van der Waals surface area contributed by atoms with Gasteiger partial charge in [-0.15, -0.1) is 0 Å². The molecule has 0 radical (unpaired) electrons. The zero-order valence-electron chi connectivity index (χ0n) is 20.3. The summed E-state index contributed by atoms with van der Waals surface area (Å²) < 4.78 is 25.2. The number of nitrogens with zero attached hydrogens (tertiary/aromatic N) is 4. The predicted octanol–water partition coefficient (Wildman–Crippen LogP) is 0.431. The van der Waals surface area contributed by atoms with Crippen LogP contribution in [-0.4, -0.2) is 106 Å². The molecule has 35 heavy (non-hydrogen) atoms. The Morgan fingerprint density at radius 2 is 1.91 bits per heavy atom. The van der Waals surface area contributed by atoms with Crippen molar-refractivity contribution in [1.29, 1.82) is 0 Å². The molecule has 3 rings (SSSR count). The Balaban J connectivity index is 1.50. The van der Waals surface area contributed by atoms with E-state index in [1.807, 2.05) is 23.9 Å². The van der Waals surface area contributed by atoms with Gasteiger partial charge in [-0.1, -0.05) is 0 Å². The highest BCUT2D eigenvalue weighted by molar-refractivity contribution is 5.90. The van der Waals surface area contributed by atoms with E-state index in [4.69, 9.17) is 9.47 Å². The van der Waals surface area contributed by atoms with Gasteiger partial charge in [0.2, 0.25) is 5.91 Å². The Kier molecular flexibility index (Phi) is 8.85. The molecule has 1 aromatic carbocycles. The molecule has 2 fully saturated rings. The second kappa shape index (κ2) is 11.8. The number of carbonyl (C=O) groups excluding carboxylic acids is 4. The van der Waals surface area contributed by atoms with Gasteiger partial charge in [-0.3, -0.25) is 19.3 Å². The van der Waals surface area contributed by atoms with Gasteiger partial charge >= 0.3 is 12.1 Å². The fourth-order valence-electron chi connectivity index (χ4n) is 3.83. The van der Waals surface area contributed by atoms with Crippen molar-refractivity contribution in [2.45, 2.75) is 19.4 Å². The number of rotatable bonds is 9. The molecule has 1 aromatic rings. The van der Waals surface area contributed by atoms with E-state index >= 15 is 0 Å². The highest BCUT2D eigenvalue weighted by atomic mass is 19.1. The molecule has 0 bridgehead atoms. The average Bonchev–Trinajstić information content (AvgIpc) is 3.20. The lowest BCUT2D eigenvalue weighted by Gasteiger charge is -2.36. The number of amides is 3. The third kappa shape index (κ3) is 7.28.